The van der Waals surface area contributed by atoms with Crippen LogP contribution in [0.3, 0.4) is 0 Å². The van der Waals surface area contributed by atoms with Gasteiger partial charge < -0.3 is 29.9 Å². The van der Waals surface area contributed by atoms with Gasteiger partial charge in [-0.15, -0.1) is 0 Å². The number of aliphatic hydroxyl groups is 4. The molecule has 1 aliphatic heterocycles. The lowest BCUT2D eigenvalue weighted by Gasteiger charge is -2.57. The third-order valence-corrected chi connectivity index (χ3v) is 13.2. The van der Waals surface area contributed by atoms with Crippen LogP contribution in [-0.2, 0) is 9.47 Å². The van der Waals surface area contributed by atoms with Crippen LogP contribution in [0.5, 0.6) is 0 Å². The summed E-state index contributed by atoms with van der Waals surface area (Å²) in [5.74, 6) is 7.43. The van der Waals surface area contributed by atoms with E-state index in [1.807, 2.05) is 0 Å². The fourth-order valence-electron chi connectivity index (χ4n) is 10.6. The van der Waals surface area contributed by atoms with Gasteiger partial charge in [0.15, 0.2) is 6.29 Å². The van der Waals surface area contributed by atoms with Gasteiger partial charge in [0.1, 0.15) is 24.4 Å². The lowest BCUT2D eigenvalue weighted by Crippen LogP contribution is -2.60. The van der Waals surface area contributed by atoms with Crippen molar-refractivity contribution in [3.8, 4) is 0 Å². The highest BCUT2D eigenvalue weighted by molar-refractivity contribution is 5.25. The van der Waals surface area contributed by atoms with Crippen molar-refractivity contribution >= 4 is 0 Å². The molecule has 15 atom stereocenters. The molecule has 15 unspecified atom stereocenters. The molecule has 0 aromatic rings. The summed E-state index contributed by atoms with van der Waals surface area (Å²) in [6, 6.07) is 0. The molecule has 0 radical (unpaired) electrons. The first kappa shape index (κ1) is 31.9. The topological polar surface area (TPSA) is 99.4 Å². The zero-order valence-electron chi connectivity index (χ0n) is 26.6. The Balaban J connectivity index is 1.23. The van der Waals surface area contributed by atoms with E-state index in [0.717, 1.165) is 72.5 Å². The summed E-state index contributed by atoms with van der Waals surface area (Å²) in [6.07, 6.45) is 8.61. The second-order valence-electron chi connectivity index (χ2n) is 15.5. The van der Waals surface area contributed by atoms with Crippen LogP contribution < -0.4 is 0 Å². The van der Waals surface area contributed by atoms with Gasteiger partial charge in [-0.05, 0) is 110 Å². The number of rotatable bonds is 9. The third kappa shape index (κ3) is 5.96. The predicted octanol–water partition coefficient (Wildman–Crippen LogP) is 5.70. The summed E-state index contributed by atoms with van der Waals surface area (Å²) in [5, 5.41) is 40.4. The van der Waals surface area contributed by atoms with Crippen LogP contribution in [0.15, 0.2) is 11.6 Å². The predicted molar refractivity (Wildman–Crippen MR) is 161 cm³/mol. The van der Waals surface area contributed by atoms with E-state index in [0.29, 0.717) is 0 Å². The van der Waals surface area contributed by atoms with Crippen LogP contribution in [0.1, 0.15) is 106 Å². The first-order chi connectivity index (χ1) is 19.5. The lowest BCUT2D eigenvalue weighted by atomic mass is 9.48. The monoisotopic (exact) mass is 576 g/mol. The van der Waals surface area contributed by atoms with Crippen molar-refractivity contribution in [2.45, 2.75) is 143 Å². The molecule has 236 valence electrons. The molecular weight excluding hydrogens is 516 g/mol. The molecule has 0 amide bonds. The molecule has 0 aromatic carbocycles. The Bertz CT molecular complexity index is 903. The Kier molecular flexibility index (Phi) is 10.0. The summed E-state index contributed by atoms with van der Waals surface area (Å²) in [6.45, 7) is 14.4. The van der Waals surface area contributed by atoms with Crippen LogP contribution in [0.2, 0.25) is 0 Å². The van der Waals surface area contributed by atoms with Gasteiger partial charge in [0.25, 0.3) is 0 Å². The first-order valence-electron chi connectivity index (χ1n) is 17.2. The molecule has 41 heavy (non-hydrogen) atoms. The molecule has 5 rings (SSSR count). The van der Waals surface area contributed by atoms with Gasteiger partial charge in [-0.2, -0.15) is 0 Å². The molecule has 6 nitrogen and oxygen atoms in total. The number of allylic oxidation sites excluding steroid dienone is 1. The fourth-order valence-corrected chi connectivity index (χ4v) is 10.6. The molecule has 0 bridgehead atoms. The minimum atomic E-state index is -1.40. The SMILES string of the molecule is CCC(CCC(C)C1CCC2C3CC=C4CC(OC5OC(CO)C(O)C(O)C5O)CCC4(C)C3CC(C)C12)C(C)C. The van der Waals surface area contributed by atoms with Crippen molar-refractivity contribution in [2.24, 2.45) is 58.7 Å². The number of hydrogen-bond acceptors (Lipinski definition) is 6. The normalized spacial score (nSPS) is 47.7. The Morgan fingerprint density at radius 1 is 1.02 bits per heavy atom. The van der Waals surface area contributed by atoms with E-state index in [1.54, 1.807) is 0 Å². The van der Waals surface area contributed by atoms with E-state index < -0.39 is 37.3 Å². The summed E-state index contributed by atoms with van der Waals surface area (Å²) >= 11 is 0. The largest absolute Gasteiger partial charge is 0.394 e. The van der Waals surface area contributed by atoms with Crippen molar-refractivity contribution in [3.05, 3.63) is 11.6 Å². The lowest BCUT2D eigenvalue weighted by molar-refractivity contribution is -0.313. The maximum atomic E-state index is 10.5. The van der Waals surface area contributed by atoms with E-state index in [4.69, 9.17) is 9.47 Å². The van der Waals surface area contributed by atoms with Crippen LogP contribution >= 0.6 is 0 Å². The molecule has 4 N–H and O–H groups in total. The second kappa shape index (κ2) is 12.9. The van der Waals surface area contributed by atoms with Gasteiger partial charge in [0.05, 0.1) is 12.7 Å². The quantitative estimate of drug-likeness (QED) is 0.263. The Morgan fingerprint density at radius 3 is 2.46 bits per heavy atom. The zero-order valence-corrected chi connectivity index (χ0v) is 26.6. The van der Waals surface area contributed by atoms with Crippen LogP contribution in [0.25, 0.3) is 0 Å². The van der Waals surface area contributed by atoms with Gasteiger partial charge in [0, 0.05) is 0 Å². The molecule has 3 saturated carbocycles. The summed E-state index contributed by atoms with van der Waals surface area (Å²) in [7, 11) is 0. The van der Waals surface area contributed by atoms with Crippen LogP contribution in [0.4, 0.5) is 0 Å². The minimum Gasteiger partial charge on any atom is -0.394 e. The summed E-state index contributed by atoms with van der Waals surface area (Å²) in [5.41, 5.74) is 1.71. The standard InChI is InChI=1S/C35H60O6/c1-7-22(19(2)3)9-8-20(4)25-12-13-27-26-11-10-23-17-24(14-15-35(23,6)28(26)16-21(5)30(25)27)40-34-33(39)32(38)31(37)29(18-36)41-34/h10,19-22,24-34,36-39H,7-9,11-18H2,1-6H3. The molecule has 0 spiro atoms. The minimum absolute atomic E-state index is 0.101. The van der Waals surface area contributed by atoms with Crippen molar-refractivity contribution in [1.29, 1.82) is 0 Å². The summed E-state index contributed by atoms with van der Waals surface area (Å²) in [4.78, 5) is 0. The smallest absolute Gasteiger partial charge is 0.186 e. The highest BCUT2D eigenvalue weighted by Gasteiger charge is 2.57. The van der Waals surface area contributed by atoms with Gasteiger partial charge in [-0.25, -0.2) is 0 Å². The number of aliphatic hydroxyl groups excluding tert-OH is 4. The van der Waals surface area contributed by atoms with Crippen molar-refractivity contribution in [3.63, 3.8) is 0 Å². The highest BCUT2D eigenvalue weighted by Crippen LogP contribution is 2.64. The van der Waals surface area contributed by atoms with Crippen molar-refractivity contribution in [2.75, 3.05) is 6.61 Å². The molecule has 4 aliphatic carbocycles. The Hall–Kier alpha value is -0.500. The van der Waals surface area contributed by atoms with Crippen molar-refractivity contribution < 1.29 is 29.9 Å². The average molecular weight is 577 g/mol. The maximum Gasteiger partial charge on any atom is 0.186 e. The van der Waals surface area contributed by atoms with Gasteiger partial charge in [-0.1, -0.05) is 66.0 Å². The molecule has 6 heteroatoms. The molecule has 4 fully saturated rings. The Morgan fingerprint density at radius 2 is 1.78 bits per heavy atom. The van der Waals surface area contributed by atoms with Crippen molar-refractivity contribution in [1.82, 2.24) is 0 Å². The fraction of sp³-hybridized carbons (Fsp3) is 0.943. The molecule has 0 aromatic heterocycles. The molecule has 5 aliphatic rings. The van der Waals surface area contributed by atoms with E-state index in [2.05, 4.69) is 47.6 Å². The summed E-state index contributed by atoms with van der Waals surface area (Å²) < 4.78 is 11.9. The Labute approximate surface area is 249 Å². The van der Waals surface area contributed by atoms with Crippen LogP contribution in [0, 0.1) is 58.7 Å². The highest BCUT2D eigenvalue weighted by atomic mass is 16.7. The second-order valence-corrected chi connectivity index (χ2v) is 15.5. The molecular formula is C35H60O6. The van der Waals surface area contributed by atoms with Gasteiger partial charge in [-0.3, -0.25) is 0 Å². The molecule has 1 saturated heterocycles. The third-order valence-electron chi connectivity index (χ3n) is 13.2. The van der Waals surface area contributed by atoms with Gasteiger partial charge >= 0.3 is 0 Å². The number of ether oxygens (including phenoxy) is 2. The number of fused-ring (bicyclic) bond motifs is 5. The van der Waals surface area contributed by atoms with E-state index in [9.17, 15) is 20.4 Å². The van der Waals surface area contributed by atoms with E-state index in [-0.39, 0.29) is 11.5 Å². The first-order valence-corrected chi connectivity index (χ1v) is 17.2. The van der Waals surface area contributed by atoms with E-state index >= 15 is 0 Å². The zero-order chi connectivity index (χ0) is 29.6. The molecule has 1 heterocycles. The maximum absolute atomic E-state index is 10.5. The van der Waals surface area contributed by atoms with E-state index in [1.165, 1.54) is 50.5 Å². The van der Waals surface area contributed by atoms with Gasteiger partial charge in [0.2, 0.25) is 0 Å². The van der Waals surface area contributed by atoms with Crippen LogP contribution in [-0.4, -0.2) is 63.8 Å². The average Bonchev–Trinajstić information content (AvgIpc) is 3.40. The number of hydrogen-bond donors (Lipinski definition) is 4.